The Kier molecular flexibility index (Phi) is 2.60. The first-order chi connectivity index (χ1) is 6.45. The van der Waals surface area contributed by atoms with Crippen molar-refractivity contribution in [2.45, 2.75) is 25.7 Å². The van der Waals surface area contributed by atoms with Crippen LogP contribution in [0.5, 0.6) is 0 Å². The van der Waals surface area contributed by atoms with E-state index in [9.17, 15) is 0 Å². The molecule has 68 valence electrons. The SMILES string of the molecule is C1=C(Nc2ccccn2)CCCC1. The van der Waals surface area contributed by atoms with Crippen LogP contribution >= 0.6 is 0 Å². The van der Waals surface area contributed by atoms with Gasteiger partial charge in [-0.15, -0.1) is 0 Å². The molecule has 0 bridgehead atoms. The molecule has 1 N–H and O–H groups in total. The Morgan fingerprint density at radius 1 is 1.23 bits per heavy atom. The van der Waals surface area contributed by atoms with Gasteiger partial charge in [-0.05, 0) is 37.8 Å². The number of pyridine rings is 1. The van der Waals surface area contributed by atoms with E-state index in [1.165, 1.54) is 25.0 Å². The Morgan fingerprint density at radius 3 is 2.92 bits per heavy atom. The molecule has 0 radical (unpaired) electrons. The first-order valence-corrected chi connectivity index (χ1v) is 4.82. The van der Waals surface area contributed by atoms with Gasteiger partial charge in [0, 0.05) is 11.9 Å². The largest absolute Gasteiger partial charge is 0.344 e. The lowest BCUT2D eigenvalue weighted by atomic mass is 10.1. The molecule has 0 aromatic carbocycles. The predicted octanol–water partition coefficient (Wildman–Crippen LogP) is 2.95. The van der Waals surface area contributed by atoms with Gasteiger partial charge in [-0.3, -0.25) is 0 Å². The molecule has 0 aliphatic heterocycles. The van der Waals surface area contributed by atoms with Gasteiger partial charge in [0.15, 0.2) is 0 Å². The standard InChI is InChI=1S/C11H14N2/c1-2-6-10(7-3-1)13-11-8-4-5-9-12-11/h4-6,8-9H,1-3,7H2,(H,12,13). The van der Waals surface area contributed by atoms with E-state index in [-0.39, 0.29) is 0 Å². The van der Waals surface area contributed by atoms with Gasteiger partial charge in [-0.1, -0.05) is 12.1 Å². The molecule has 1 aliphatic rings. The molecule has 2 heteroatoms. The molecule has 2 rings (SSSR count). The molecular formula is C11H14N2. The van der Waals surface area contributed by atoms with Crippen molar-refractivity contribution >= 4 is 5.82 Å². The Morgan fingerprint density at radius 2 is 2.23 bits per heavy atom. The highest BCUT2D eigenvalue weighted by atomic mass is 15.0. The third-order valence-electron chi connectivity index (χ3n) is 2.24. The van der Waals surface area contributed by atoms with Gasteiger partial charge in [-0.25, -0.2) is 4.98 Å². The number of rotatable bonds is 2. The smallest absolute Gasteiger partial charge is 0.130 e. The third kappa shape index (κ3) is 2.31. The minimum Gasteiger partial charge on any atom is -0.344 e. The molecule has 0 saturated carbocycles. The summed E-state index contributed by atoms with van der Waals surface area (Å²) in [5.41, 5.74) is 1.32. The van der Waals surface area contributed by atoms with Crippen molar-refractivity contribution in [3.8, 4) is 0 Å². The zero-order valence-electron chi connectivity index (χ0n) is 7.66. The number of nitrogens with one attached hydrogen (secondary N) is 1. The fraction of sp³-hybridized carbons (Fsp3) is 0.364. The van der Waals surface area contributed by atoms with Crippen molar-refractivity contribution < 1.29 is 0 Å². The lowest BCUT2D eigenvalue weighted by Crippen LogP contribution is -2.03. The van der Waals surface area contributed by atoms with E-state index < -0.39 is 0 Å². The number of nitrogens with zero attached hydrogens (tertiary/aromatic N) is 1. The molecule has 1 aliphatic carbocycles. The molecule has 0 fully saturated rings. The molecule has 1 aromatic heterocycles. The number of aromatic nitrogens is 1. The summed E-state index contributed by atoms with van der Waals surface area (Å²) in [6.45, 7) is 0. The summed E-state index contributed by atoms with van der Waals surface area (Å²) in [5.74, 6) is 0.954. The summed E-state index contributed by atoms with van der Waals surface area (Å²) in [7, 11) is 0. The van der Waals surface area contributed by atoms with Crippen LogP contribution in [0.25, 0.3) is 0 Å². The Labute approximate surface area is 78.7 Å². The molecule has 13 heavy (non-hydrogen) atoms. The van der Waals surface area contributed by atoms with Gasteiger partial charge in [0.25, 0.3) is 0 Å². The lowest BCUT2D eigenvalue weighted by Gasteiger charge is -2.13. The van der Waals surface area contributed by atoms with E-state index >= 15 is 0 Å². The van der Waals surface area contributed by atoms with E-state index in [2.05, 4.69) is 16.4 Å². The fourth-order valence-corrected chi connectivity index (χ4v) is 1.55. The summed E-state index contributed by atoms with van der Waals surface area (Å²) in [4.78, 5) is 4.22. The summed E-state index contributed by atoms with van der Waals surface area (Å²) >= 11 is 0. The van der Waals surface area contributed by atoms with Crippen LogP contribution in [0, 0.1) is 0 Å². The highest BCUT2D eigenvalue weighted by molar-refractivity contribution is 5.40. The van der Waals surface area contributed by atoms with Gasteiger partial charge in [-0.2, -0.15) is 0 Å². The van der Waals surface area contributed by atoms with E-state index in [4.69, 9.17) is 0 Å². The number of anilines is 1. The second-order valence-corrected chi connectivity index (χ2v) is 3.32. The first kappa shape index (κ1) is 8.30. The lowest BCUT2D eigenvalue weighted by molar-refractivity contribution is 0.703. The minimum atomic E-state index is 0.954. The van der Waals surface area contributed by atoms with Crippen molar-refractivity contribution in [2.75, 3.05) is 5.32 Å². The Hall–Kier alpha value is -1.31. The van der Waals surface area contributed by atoms with Crippen molar-refractivity contribution in [3.05, 3.63) is 36.2 Å². The number of hydrogen-bond acceptors (Lipinski definition) is 2. The van der Waals surface area contributed by atoms with Crippen LogP contribution in [0.4, 0.5) is 5.82 Å². The highest BCUT2D eigenvalue weighted by Gasteiger charge is 2.03. The van der Waals surface area contributed by atoms with Crippen LogP contribution in [0.3, 0.4) is 0 Å². The van der Waals surface area contributed by atoms with Crippen LogP contribution in [0.2, 0.25) is 0 Å². The third-order valence-corrected chi connectivity index (χ3v) is 2.24. The van der Waals surface area contributed by atoms with Crippen molar-refractivity contribution in [1.29, 1.82) is 0 Å². The van der Waals surface area contributed by atoms with Crippen molar-refractivity contribution in [1.82, 2.24) is 4.98 Å². The summed E-state index contributed by atoms with van der Waals surface area (Å²) in [6, 6.07) is 5.93. The minimum absolute atomic E-state index is 0.954. The number of hydrogen-bond donors (Lipinski definition) is 1. The van der Waals surface area contributed by atoms with Gasteiger partial charge in [0.1, 0.15) is 5.82 Å². The maximum Gasteiger partial charge on any atom is 0.130 e. The normalized spacial score (nSPS) is 16.5. The van der Waals surface area contributed by atoms with Gasteiger partial charge in [0.05, 0.1) is 0 Å². The van der Waals surface area contributed by atoms with Crippen LogP contribution in [0.1, 0.15) is 25.7 Å². The monoisotopic (exact) mass is 174 g/mol. The molecule has 0 saturated heterocycles. The molecular weight excluding hydrogens is 160 g/mol. The van der Waals surface area contributed by atoms with Gasteiger partial charge >= 0.3 is 0 Å². The van der Waals surface area contributed by atoms with E-state index in [0.29, 0.717) is 0 Å². The molecule has 1 aromatic rings. The summed E-state index contributed by atoms with van der Waals surface area (Å²) < 4.78 is 0. The zero-order valence-corrected chi connectivity index (χ0v) is 7.66. The second kappa shape index (κ2) is 4.08. The highest BCUT2D eigenvalue weighted by Crippen LogP contribution is 2.18. The van der Waals surface area contributed by atoms with Gasteiger partial charge < -0.3 is 5.32 Å². The molecule has 0 atom stereocenters. The van der Waals surface area contributed by atoms with Crippen LogP contribution < -0.4 is 5.32 Å². The molecule has 0 spiro atoms. The Bertz CT molecular complexity index is 290. The quantitative estimate of drug-likeness (QED) is 0.745. The fourth-order valence-electron chi connectivity index (χ4n) is 1.55. The van der Waals surface area contributed by atoms with Crippen LogP contribution in [0.15, 0.2) is 36.2 Å². The van der Waals surface area contributed by atoms with Crippen LogP contribution in [-0.2, 0) is 0 Å². The maximum absolute atomic E-state index is 4.22. The van der Waals surface area contributed by atoms with E-state index in [1.54, 1.807) is 0 Å². The first-order valence-electron chi connectivity index (χ1n) is 4.82. The average Bonchev–Trinajstić information content (AvgIpc) is 2.21. The number of allylic oxidation sites excluding steroid dienone is 2. The topological polar surface area (TPSA) is 24.9 Å². The van der Waals surface area contributed by atoms with Gasteiger partial charge in [0.2, 0.25) is 0 Å². The average molecular weight is 174 g/mol. The Balaban J connectivity index is 2.01. The summed E-state index contributed by atoms with van der Waals surface area (Å²) in [5, 5.41) is 3.33. The molecule has 2 nitrogen and oxygen atoms in total. The predicted molar refractivity (Wildman–Crippen MR) is 54.4 cm³/mol. The zero-order chi connectivity index (χ0) is 8.93. The molecule has 0 unspecified atom stereocenters. The summed E-state index contributed by atoms with van der Waals surface area (Å²) in [6.07, 6.45) is 9.08. The van der Waals surface area contributed by atoms with Crippen molar-refractivity contribution in [2.24, 2.45) is 0 Å². The maximum atomic E-state index is 4.22. The van der Waals surface area contributed by atoms with E-state index in [1.807, 2.05) is 24.4 Å². The second-order valence-electron chi connectivity index (χ2n) is 3.32. The van der Waals surface area contributed by atoms with E-state index in [0.717, 1.165) is 12.2 Å². The van der Waals surface area contributed by atoms with Crippen LogP contribution in [-0.4, -0.2) is 4.98 Å². The molecule has 1 heterocycles. The molecule has 0 amide bonds. The van der Waals surface area contributed by atoms with Crippen molar-refractivity contribution in [3.63, 3.8) is 0 Å².